The minimum atomic E-state index is -2.57. The molecule has 2 aliphatic heterocycles. The Labute approximate surface area is 244 Å². The van der Waals surface area contributed by atoms with E-state index in [2.05, 4.69) is 13.8 Å². The van der Waals surface area contributed by atoms with Crippen LogP contribution in [0.4, 0.5) is 26.3 Å². The van der Waals surface area contributed by atoms with Gasteiger partial charge >= 0.3 is 0 Å². The molecule has 3 nitrogen and oxygen atoms in total. The highest BCUT2D eigenvalue weighted by Crippen LogP contribution is 2.37. The average molecular weight is 601 g/mol. The van der Waals surface area contributed by atoms with Gasteiger partial charge in [0.15, 0.2) is 35.5 Å². The summed E-state index contributed by atoms with van der Waals surface area (Å²) in [5.41, 5.74) is -0.575. The van der Waals surface area contributed by atoms with Crippen molar-refractivity contribution in [3.8, 4) is 5.75 Å². The molecule has 4 rings (SSSR count). The highest BCUT2D eigenvalue weighted by molar-refractivity contribution is 5.34. The molecule has 2 fully saturated rings. The van der Waals surface area contributed by atoms with Crippen LogP contribution in [-0.2, 0) is 9.47 Å². The Kier molecular flexibility index (Phi) is 12.0. The van der Waals surface area contributed by atoms with Crippen LogP contribution < -0.4 is 4.74 Å². The lowest BCUT2D eigenvalue weighted by Crippen LogP contribution is -2.26. The van der Waals surface area contributed by atoms with Gasteiger partial charge in [0.2, 0.25) is 5.82 Å². The van der Waals surface area contributed by atoms with Gasteiger partial charge in [0.05, 0.1) is 25.4 Å². The molecule has 6 unspecified atom stereocenters. The number of alkyl halides is 2. The lowest BCUT2D eigenvalue weighted by molar-refractivity contribution is -0.00282. The van der Waals surface area contributed by atoms with E-state index in [9.17, 15) is 26.3 Å². The van der Waals surface area contributed by atoms with Gasteiger partial charge in [0, 0.05) is 17.4 Å². The average Bonchev–Trinajstić information content (AvgIpc) is 3.00. The standard InChI is InChI=1S/C33H42F6O3/c1-3-5-6-8-23-12-10-20(18-41-23)24-13-14-26(32(38)30(24)36)29(35)27(34)19-42-28-16-15-25(31(37)33(28)39)21-9-11-22(7-4-2)40-17-21/h13-16,20-23,27,29H,3-12,17-19H2,1-2H3. The Morgan fingerprint density at radius 3 is 1.88 bits per heavy atom. The summed E-state index contributed by atoms with van der Waals surface area (Å²) in [5.74, 6) is -6.40. The second kappa shape index (κ2) is 15.5. The van der Waals surface area contributed by atoms with Crippen molar-refractivity contribution in [2.24, 2.45) is 0 Å². The van der Waals surface area contributed by atoms with E-state index in [1.54, 1.807) is 0 Å². The minimum Gasteiger partial charge on any atom is -0.487 e. The first-order valence-corrected chi connectivity index (χ1v) is 15.3. The molecule has 2 saturated heterocycles. The summed E-state index contributed by atoms with van der Waals surface area (Å²) >= 11 is 0. The smallest absolute Gasteiger partial charge is 0.200 e. The number of hydrogen-bond acceptors (Lipinski definition) is 3. The van der Waals surface area contributed by atoms with E-state index in [4.69, 9.17) is 14.2 Å². The largest absolute Gasteiger partial charge is 0.487 e. The molecule has 0 spiro atoms. The first-order valence-electron chi connectivity index (χ1n) is 15.3. The molecule has 0 bridgehead atoms. The highest BCUT2D eigenvalue weighted by atomic mass is 19.2. The Bertz CT molecular complexity index is 1150. The van der Waals surface area contributed by atoms with E-state index in [1.807, 2.05) is 0 Å². The third-order valence-corrected chi connectivity index (χ3v) is 8.59. The number of halogens is 6. The summed E-state index contributed by atoms with van der Waals surface area (Å²) in [5, 5.41) is 0. The minimum absolute atomic E-state index is 0.0732. The van der Waals surface area contributed by atoms with Crippen molar-refractivity contribution >= 4 is 0 Å². The summed E-state index contributed by atoms with van der Waals surface area (Å²) in [6.45, 7) is 3.66. The van der Waals surface area contributed by atoms with Crippen molar-refractivity contribution in [3.05, 3.63) is 64.2 Å². The molecule has 0 aliphatic carbocycles. The van der Waals surface area contributed by atoms with Crippen LogP contribution in [0.1, 0.15) is 113 Å². The summed E-state index contributed by atoms with van der Waals surface area (Å²) in [6, 6.07) is 4.83. The van der Waals surface area contributed by atoms with E-state index in [0.717, 1.165) is 57.4 Å². The molecule has 6 atom stereocenters. The van der Waals surface area contributed by atoms with Gasteiger partial charge < -0.3 is 14.2 Å². The lowest BCUT2D eigenvalue weighted by atomic mass is 9.88. The van der Waals surface area contributed by atoms with E-state index < -0.39 is 53.5 Å². The number of rotatable bonds is 13. The topological polar surface area (TPSA) is 27.7 Å². The monoisotopic (exact) mass is 600 g/mol. The fourth-order valence-electron chi connectivity index (χ4n) is 6.03. The normalized spacial score (nSPS) is 24.4. The molecule has 2 heterocycles. The molecule has 2 aromatic rings. The van der Waals surface area contributed by atoms with Crippen LogP contribution in [0.5, 0.6) is 5.75 Å². The zero-order valence-corrected chi connectivity index (χ0v) is 24.5. The zero-order chi connectivity index (χ0) is 30.2. The molecule has 234 valence electrons. The van der Waals surface area contributed by atoms with E-state index in [1.165, 1.54) is 18.2 Å². The summed E-state index contributed by atoms with van der Waals surface area (Å²) in [6.07, 6.45) is 3.99. The molecule has 2 aliphatic rings. The fourth-order valence-corrected chi connectivity index (χ4v) is 6.03. The first kappa shape index (κ1) is 32.6. The molecule has 0 N–H and O–H groups in total. The van der Waals surface area contributed by atoms with Crippen molar-refractivity contribution in [2.75, 3.05) is 19.8 Å². The third-order valence-electron chi connectivity index (χ3n) is 8.59. The van der Waals surface area contributed by atoms with Crippen LogP contribution in [0.2, 0.25) is 0 Å². The molecule has 0 amide bonds. The maximum absolute atomic E-state index is 15.0. The van der Waals surface area contributed by atoms with Gasteiger partial charge in [-0.2, -0.15) is 4.39 Å². The fraction of sp³-hybridized carbons (Fsp3) is 0.636. The van der Waals surface area contributed by atoms with Gasteiger partial charge in [0.25, 0.3) is 0 Å². The van der Waals surface area contributed by atoms with Crippen LogP contribution in [0.25, 0.3) is 0 Å². The molecule has 9 heteroatoms. The molecule has 2 aromatic carbocycles. The van der Waals surface area contributed by atoms with Crippen LogP contribution >= 0.6 is 0 Å². The SMILES string of the molecule is CCCCCC1CCC(c2ccc(C(F)C(F)COc3ccc(C4CCC(CCC)OC4)c(F)c3F)c(F)c2F)CO1. The van der Waals surface area contributed by atoms with Gasteiger partial charge in [-0.15, -0.1) is 0 Å². The molecular formula is C33H42F6O3. The Hall–Kier alpha value is -2.26. The zero-order valence-electron chi connectivity index (χ0n) is 24.5. The summed E-state index contributed by atoms with van der Waals surface area (Å²) < 4.78 is 106. The lowest BCUT2D eigenvalue weighted by Gasteiger charge is -2.30. The Balaban J connectivity index is 1.33. The number of ether oxygens (including phenoxy) is 3. The van der Waals surface area contributed by atoms with E-state index in [0.29, 0.717) is 12.8 Å². The van der Waals surface area contributed by atoms with Crippen molar-refractivity contribution in [2.45, 2.75) is 114 Å². The number of unbranched alkanes of at least 4 members (excludes halogenated alkanes) is 2. The predicted octanol–water partition coefficient (Wildman–Crippen LogP) is 9.58. The first-order chi connectivity index (χ1) is 20.2. The maximum Gasteiger partial charge on any atom is 0.200 e. The summed E-state index contributed by atoms with van der Waals surface area (Å²) in [7, 11) is 0. The molecular weight excluding hydrogens is 558 g/mol. The van der Waals surface area contributed by atoms with Crippen LogP contribution in [0.15, 0.2) is 24.3 Å². The Morgan fingerprint density at radius 2 is 1.31 bits per heavy atom. The van der Waals surface area contributed by atoms with Gasteiger partial charge in [-0.25, -0.2) is 22.0 Å². The molecule has 0 aromatic heterocycles. The molecule has 0 saturated carbocycles. The van der Waals surface area contributed by atoms with Crippen LogP contribution in [-0.4, -0.2) is 38.2 Å². The van der Waals surface area contributed by atoms with Crippen molar-refractivity contribution in [1.29, 1.82) is 0 Å². The third kappa shape index (κ3) is 7.81. The van der Waals surface area contributed by atoms with Gasteiger partial charge in [0.1, 0.15) is 6.61 Å². The van der Waals surface area contributed by atoms with Crippen LogP contribution in [0.3, 0.4) is 0 Å². The predicted molar refractivity (Wildman–Crippen MR) is 149 cm³/mol. The second-order valence-electron chi connectivity index (χ2n) is 11.6. The van der Waals surface area contributed by atoms with E-state index >= 15 is 0 Å². The van der Waals surface area contributed by atoms with Gasteiger partial charge in [-0.1, -0.05) is 57.7 Å². The van der Waals surface area contributed by atoms with E-state index in [-0.39, 0.29) is 48.4 Å². The highest BCUT2D eigenvalue weighted by Gasteiger charge is 2.32. The van der Waals surface area contributed by atoms with Crippen molar-refractivity contribution < 1.29 is 40.6 Å². The molecule has 42 heavy (non-hydrogen) atoms. The second-order valence-corrected chi connectivity index (χ2v) is 11.6. The van der Waals surface area contributed by atoms with Crippen molar-refractivity contribution in [3.63, 3.8) is 0 Å². The maximum atomic E-state index is 15.0. The number of benzene rings is 2. The molecule has 0 radical (unpaired) electrons. The Morgan fingerprint density at radius 1 is 0.714 bits per heavy atom. The summed E-state index contributed by atoms with van der Waals surface area (Å²) in [4.78, 5) is 0. The quantitative estimate of drug-likeness (QED) is 0.169. The van der Waals surface area contributed by atoms with Crippen molar-refractivity contribution in [1.82, 2.24) is 0 Å². The van der Waals surface area contributed by atoms with Gasteiger partial charge in [-0.05, 0) is 55.7 Å². The van der Waals surface area contributed by atoms with Gasteiger partial charge in [-0.3, -0.25) is 0 Å². The van der Waals surface area contributed by atoms with Crippen LogP contribution in [0, 0.1) is 23.3 Å². The number of hydrogen-bond donors (Lipinski definition) is 0.